The first-order chi connectivity index (χ1) is 8.59. The quantitative estimate of drug-likeness (QED) is 0.822. The molecule has 0 fully saturated rings. The summed E-state index contributed by atoms with van der Waals surface area (Å²) in [7, 11) is 0. The van der Waals surface area contributed by atoms with Gasteiger partial charge < -0.3 is 10.3 Å². The summed E-state index contributed by atoms with van der Waals surface area (Å²) in [5.74, 6) is -0.643. The van der Waals surface area contributed by atoms with E-state index in [9.17, 15) is 9.59 Å². The van der Waals surface area contributed by atoms with Gasteiger partial charge in [0.05, 0.1) is 0 Å². The third-order valence-electron chi connectivity index (χ3n) is 2.06. The average Bonchev–Trinajstić information content (AvgIpc) is 2.34. The predicted octanol–water partition coefficient (Wildman–Crippen LogP) is 1.72. The molecule has 8 heteroatoms. The number of carbonyl (C=O) groups is 1. The van der Waals surface area contributed by atoms with Gasteiger partial charge in [0.15, 0.2) is 10.3 Å². The van der Waals surface area contributed by atoms with Crippen LogP contribution < -0.4 is 10.9 Å². The second-order valence-electron chi connectivity index (χ2n) is 3.20. The van der Waals surface area contributed by atoms with Crippen molar-refractivity contribution < 1.29 is 4.79 Å². The number of pyridine rings is 1. The summed E-state index contributed by atoms with van der Waals surface area (Å²) in [5, 5.41) is 2.38. The number of nitrogens with zero attached hydrogens (tertiary/aromatic N) is 2. The highest BCUT2D eigenvalue weighted by atomic mass is 35.5. The lowest BCUT2D eigenvalue weighted by molar-refractivity contribution is 0.102. The second-order valence-corrected chi connectivity index (χ2v) is 3.91. The van der Waals surface area contributed by atoms with Crippen LogP contribution in [0.3, 0.4) is 0 Å². The molecule has 0 aromatic carbocycles. The highest BCUT2D eigenvalue weighted by Crippen LogP contribution is 2.25. The van der Waals surface area contributed by atoms with E-state index in [1.165, 1.54) is 18.3 Å². The largest absolute Gasteiger partial charge is 0.328 e. The minimum Gasteiger partial charge on any atom is -0.328 e. The van der Waals surface area contributed by atoms with Crippen LogP contribution in [0.2, 0.25) is 10.3 Å². The monoisotopic (exact) mass is 284 g/mol. The van der Waals surface area contributed by atoms with E-state index in [1.54, 1.807) is 0 Å². The Morgan fingerprint density at radius 3 is 2.56 bits per heavy atom. The molecule has 0 aliphatic heterocycles. The van der Waals surface area contributed by atoms with Crippen LogP contribution in [0.4, 0.5) is 5.69 Å². The molecule has 0 saturated heterocycles. The summed E-state index contributed by atoms with van der Waals surface area (Å²) < 4.78 is 0. The van der Waals surface area contributed by atoms with Crippen LogP contribution in [0.5, 0.6) is 0 Å². The molecule has 0 spiro atoms. The molecule has 0 unspecified atom stereocenters. The maximum atomic E-state index is 11.8. The lowest BCUT2D eigenvalue weighted by atomic mass is 10.2. The van der Waals surface area contributed by atoms with Crippen LogP contribution in [0.1, 0.15) is 10.4 Å². The molecule has 6 nitrogen and oxygen atoms in total. The Morgan fingerprint density at radius 2 is 1.94 bits per heavy atom. The Hall–Kier alpha value is -1.92. The van der Waals surface area contributed by atoms with E-state index in [-0.39, 0.29) is 21.6 Å². The molecular weight excluding hydrogens is 279 g/mol. The zero-order chi connectivity index (χ0) is 13.1. The molecule has 0 radical (unpaired) electrons. The van der Waals surface area contributed by atoms with Crippen molar-refractivity contribution in [1.82, 2.24) is 15.0 Å². The van der Waals surface area contributed by atoms with Crippen LogP contribution >= 0.6 is 23.2 Å². The van der Waals surface area contributed by atoms with Crippen LogP contribution in [-0.4, -0.2) is 20.9 Å². The van der Waals surface area contributed by atoms with Crippen molar-refractivity contribution in [3.05, 3.63) is 50.9 Å². The van der Waals surface area contributed by atoms with Gasteiger partial charge in [-0.3, -0.25) is 9.59 Å². The molecule has 0 saturated carbocycles. The van der Waals surface area contributed by atoms with Gasteiger partial charge in [0, 0.05) is 6.20 Å². The zero-order valence-electron chi connectivity index (χ0n) is 8.78. The number of rotatable bonds is 2. The molecule has 2 rings (SSSR count). The number of amides is 1. The van der Waals surface area contributed by atoms with Crippen molar-refractivity contribution in [3.63, 3.8) is 0 Å². The SMILES string of the molecule is O=C(Nc1c(Cl)ncnc1Cl)c1ccc[nH]c1=O. The fraction of sp³-hybridized carbons (Fsp3) is 0. The van der Waals surface area contributed by atoms with E-state index in [2.05, 4.69) is 20.3 Å². The highest BCUT2D eigenvalue weighted by Gasteiger charge is 2.15. The Bertz CT molecular complexity index is 636. The standard InChI is InChI=1S/C10H6Cl2N4O2/c11-7-6(8(12)15-4-14-7)16-10(18)5-2-1-3-13-9(5)17/h1-4H,(H,13,17)(H,16,18). The number of carbonyl (C=O) groups excluding carboxylic acids is 1. The minimum atomic E-state index is -0.643. The minimum absolute atomic E-state index is 0.00397. The maximum Gasteiger partial charge on any atom is 0.261 e. The first kappa shape index (κ1) is 12.5. The number of aromatic nitrogens is 3. The van der Waals surface area contributed by atoms with Crippen LogP contribution in [0, 0.1) is 0 Å². The molecule has 2 N–H and O–H groups in total. The maximum absolute atomic E-state index is 11.8. The summed E-state index contributed by atoms with van der Waals surface area (Å²) in [4.78, 5) is 33.0. The number of anilines is 1. The Balaban J connectivity index is 2.33. The molecule has 2 heterocycles. The zero-order valence-corrected chi connectivity index (χ0v) is 10.3. The highest BCUT2D eigenvalue weighted by molar-refractivity contribution is 6.38. The summed E-state index contributed by atoms with van der Waals surface area (Å²) in [6.07, 6.45) is 2.58. The van der Waals surface area contributed by atoms with Crippen molar-refractivity contribution in [2.24, 2.45) is 0 Å². The fourth-order valence-corrected chi connectivity index (χ4v) is 1.64. The van der Waals surface area contributed by atoms with E-state index < -0.39 is 11.5 Å². The third kappa shape index (κ3) is 2.49. The van der Waals surface area contributed by atoms with E-state index >= 15 is 0 Å². The van der Waals surface area contributed by atoms with Gasteiger partial charge in [0.2, 0.25) is 0 Å². The van der Waals surface area contributed by atoms with Gasteiger partial charge in [-0.05, 0) is 12.1 Å². The van der Waals surface area contributed by atoms with E-state index in [1.807, 2.05) is 0 Å². The van der Waals surface area contributed by atoms with E-state index in [4.69, 9.17) is 23.2 Å². The molecule has 92 valence electrons. The number of H-pyrrole nitrogens is 1. The molecule has 2 aromatic heterocycles. The molecule has 0 aliphatic carbocycles. The fourth-order valence-electron chi connectivity index (χ4n) is 1.23. The third-order valence-corrected chi connectivity index (χ3v) is 2.63. The topological polar surface area (TPSA) is 87.7 Å². The predicted molar refractivity (Wildman–Crippen MR) is 67.1 cm³/mol. The molecule has 2 aromatic rings. The molecule has 18 heavy (non-hydrogen) atoms. The van der Waals surface area contributed by atoms with Gasteiger partial charge in [-0.25, -0.2) is 9.97 Å². The average molecular weight is 285 g/mol. The van der Waals surface area contributed by atoms with E-state index in [0.29, 0.717) is 0 Å². The van der Waals surface area contributed by atoms with Gasteiger partial charge in [0.1, 0.15) is 17.6 Å². The first-order valence-corrected chi connectivity index (χ1v) is 5.50. The number of aromatic amines is 1. The summed E-state index contributed by atoms with van der Waals surface area (Å²) in [5.41, 5.74) is -0.512. The lowest BCUT2D eigenvalue weighted by Gasteiger charge is -2.06. The van der Waals surface area contributed by atoms with Gasteiger partial charge in [-0.15, -0.1) is 0 Å². The second kappa shape index (κ2) is 5.16. The van der Waals surface area contributed by atoms with Crippen molar-refractivity contribution >= 4 is 34.8 Å². The van der Waals surface area contributed by atoms with Gasteiger partial charge in [0.25, 0.3) is 11.5 Å². The van der Waals surface area contributed by atoms with Crippen molar-refractivity contribution in [2.45, 2.75) is 0 Å². The summed E-state index contributed by atoms with van der Waals surface area (Å²) >= 11 is 11.5. The van der Waals surface area contributed by atoms with E-state index in [0.717, 1.165) is 6.33 Å². The number of hydrogen-bond acceptors (Lipinski definition) is 4. The van der Waals surface area contributed by atoms with Crippen molar-refractivity contribution in [1.29, 1.82) is 0 Å². The molecule has 0 atom stereocenters. The molecule has 0 aliphatic rings. The normalized spacial score (nSPS) is 10.1. The number of nitrogens with one attached hydrogen (secondary N) is 2. The number of halogens is 2. The van der Waals surface area contributed by atoms with Crippen molar-refractivity contribution in [2.75, 3.05) is 5.32 Å². The smallest absolute Gasteiger partial charge is 0.261 e. The van der Waals surface area contributed by atoms with Gasteiger partial charge in [-0.1, -0.05) is 23.2 Å². The first-order valence-electron chi connectivity index (χ1n) is 4.74. The lowest BCUT2D eigenvalue weighted by Crippen LogP contribution is -2.22. The summed E-state index contributed by atoms with van der Waals surface area (Å²) in [6, 6.07) is 2.90. The van der Waals surface area contributed by atoms with Crippen LogP contribution in [0.25, 0.3) is 0 Å². The summed E-state index contributed by atoms with van der Waals surface area (Å²) in [6.45, 7) is 0. The molecule has 1 amide bonds. The molecular formula is C10H6Cl2N4O2. The van der Waals surface area contributed by atoms with Gasteiger partial charge in [-0.2, -0.15) is 0 Å². The van der Waals surface area contributed by atoms with Crippen LogP contribution in [-0.2, 0) is 0 Å². The Kier molecular flexibility index (Phi) is 3.59. The molecule has 0 bridgehead atoms. The van der Waals surface area contributed by atoms with Crippen LogP contribution in [0.15, 0.2) is 29.5 Å². The van der Waals surface area contributed by atoms with Crippen molar-refractivity contribution in [3.8, 4) is 0 Å². The van der Waals surface area contributed by atoms with Gasteiger partial charge >= 0.3 is 0 Å². The number of hydrogen-bond donors (Lipinski definition) is 2. The Labute approximate surface area is 111 Å². The Morgan fingerprint density at radius 1 is 1.28 bits per heavy atom.